The fourth-order valence-electron chi connectivity index (χ4n) is 2.27. The van der Waals surface area contributed by atoms with Crippen LogP contribution in [0.5, 0.6) is 0 Å². The van der Waals surface area contributed by atoms with Gasteiger partial charge >= 0.3 is 0 Å². The standard InChI is InChI=1S/C20H31N/c1-6-8-18(16(5)10-11-17-12-13-17)14-19(9-7-2)20(21)15(3)4/h6,8,10-11,14,16-17H,1,7,9,12-13,21H2,2-5H3/b11-10+,18-8+,19-14+. The summed E-state index contributed by atoms with van der Waals surface area (Å²) < 4.78 is 0. The molecule has 0 saturated heterocycles. The van der Waals surface area contributed by atoms with Gasteiger partial charge in [-0.2, -0.15) is 0 Å². The van der Waals surface area contributed by atoms with Crippen LogP contribution in [-0.4, -0.2) is 0 Å². The fraction of sp³-hybridized carbons (Fsp3) is 0.500. The Hall–Kier alpha value is -1.50. The van der Waals surface area contributed by atoms with Crippen LogP contribution in [0.1, 0.15) is 53.4 Å². The van der Waals surface area contributed by atoms with Gasteiger partial charge in [-0.3, -0.25) is 0 Å². The van der Waals surface area contributed by atoms with Crippen LogP contribution in [0.15, 0.2) is 59.4 Å². The maximum atomic E-state index is 6.26. The summed E-state index contributed by atoms with van der Waals surface area (Å²) in [6.07, 6.45) is 15.8. The van der Waals surface area contributed by atoms with E-state index in [2.05, 4.69) is 58.6 Å². The molecule has 0 amide bonds. The van der Waals surface area contributed by atoms with Crippen LogP contribution in [0.4, 0.5) is 0 Å². The third kappa shape index (κ3) is 6.20. The molecule has 0 radical (unpaired) electrons. The van der Waals surface area contributed by atoms with E-state index in [1.807, 2.05) is 6.08 Å². The lowest BCUT2D eigenvalue weighted by atomic mass is 9.94. The monoisotopic (exact) mass is 285 g/mol. The normalized spacial score (nSPS) is 17.9. The molecule has 0 heterocycles. The van der Waals surface area contributed by atoms with Crippen molar-refractivity contribution >= 4 is 0 Å². The van der Waals surface area contributed by atoms with Gasteiger partial charge in [-0.25, -0.2) is 0 Å². The zero-order chi connectivity index (χ0) is 15.8. The molecule has 1 aliphatic rings. The summed E-state index contributed by atoms with van der Waals surface area (Å²) in [6.45, 7) is 12.4. The number of rotatable bonds is 8. The van der Waals surface area contributed by atoms with Crippen molar-refractivity contribution in [2.24, 2.45) is 17.6 Å². The number of hydrogen-bond donors (Lipinski definition) is 1. The number of hydrogen-bond acceptors (Lipinski definition) is 1. The van der Waals surface area contributed by atoms with Gasteiger partial charge in [0.15, 0.2) is 0 Å². The molecule has 1 saturated carbocycles. The van der Waals surface area contributed by atoms with Crippen LogP contribution >= 0.6 is 0 Å². The van der Waals surface area contributed by atoms with Crippen molar-refractivity contribution in [1.82, 2.24) is 0 Å². The molecule has 1 heteroatoms. The maximum Gasteiger partial charge on any atom is 0.0332 e. The minimum absolute atomic E-state index is 0.403. The van der Waals surface area contributed by atoms with E-state index in [1.165, 1.54) is 29.6 Å². The Morgan fingerprint density at radius 3 is 2.48 bits per heavy atom. The predicted molar refractivity (Wildman–Crippen MR) is 94.9 cm³/mol. The van der Waals surface area contributed by atoms with Gasteiger partial charge in [0.25, 0.3) is 0 Å². The lowest BCUT2D eigenvalue weighted by Crippen LogP contribution is -2.05. The van der Waals surface area contributed by atoms with Crippen molar-refractivity contribution < 1.29 is 0 Å². The lowest BCUT2D eigenvalue weighted by molar-refractivity contribution is 0.858. The van der Waals surface area contributed by atoms with E-state index in [0.29, 0.717) is 5.92 Å². The van der Waals surface area contributed by atoms with Crippen molar-refractivity contribution in [2.75, 3.05) is 0 Å². The quantitative estimate of drug-likeness (QED) is 0.450. The van der Waals surface area contributed by atoms with E-state index in [0.717, 1.165) is 24.5 Å². The van der Waals surface area contributed by atoms with Crippen molar-refractivity contribution in [2.45, 2.75) is 53.4 Å². The molecule has 116 valence electrons. The largest absolute Gasteiger partial charge is 0.399 e. The summed E-state index contributed by atoms with van der Waals surface area (Å²) in [6, 6.07) is 0. The second kappa shape index (κ2) is 8.71. The molecule has 0 spiro atoms. The molecule has 1 atom stereocenters. The molecule has 0 aliphatic heterocycles. The molecular weight excluding hydrogens is 254 g/mol. The van der Waals surface area contributed by atoms with E-state index < -0.39 is 0 Å². The van der Waals surface area contributed by atoms with Crippen LogP contribution < -0.4 is 5.73 Å². The number of allylic oxidation sites excluding steroid dienone is 8. The molecule has 1 unspecified atom stereocenters. The second-order valence-electron chi connectivity index (χ2n) is 6.25. The third-order valence-electron chi connectivity index (χ3n) is 3.87. The molecule has 0 bridgehead atoms. The van der Waals surface area contributed by atoms with Gasteiger partial charge in [0.1, 0.15) is 0 Å². The Bertz CT molecular complexity index is 466. The zero-order valence-corrected chi connectivity index (χ0v) is 14.2. The molecule has 1 rings (SSSR count). The van der Waals surface area contributed by atoms with Crippen LogP contribution in [0.3, 0.4) is 0 Å². The van der Waals surface area contributed by atoms with Gasteiger partial charge in [-0.05, 0) is 56.1 Å². The van der Waals surface area contributed by atoms with Gasteiger partial charge < -0.3 is 5.73 Å². The highest BCUT2D eigenvalue weighted by Crippen LogP contribution is 2.31. The summed E-state index contributed by atoms with van der Waals surface area (Å²) in [5, 5.41) is 0. The van der Waals surface area contributed by atoms with Gasteiger partial charge in [0, 0.05) is 5.70 Å². The summed E-state index contributed by atoms with van der Waals surface area (Å²) in [5.74, 6) is 1.22. The molecule has 21 heavy (non-hydrogen) atoms. The molecule has 1 aliphatic carbocycles. The third-order valence-corrected chi connectivity index (χ3v) is 3.87. The summed E-state index contributed by atoms with van der Waals surface area (Å²) >= 11 is 0. The first kappa shape index (κ1) is 17.6. The first-order valence-corrected chi connectivity index (χ1v) is 8.14. The van der Waals surface area contributed by atoms with Crippen molar-refractivity contribution in [3.63, 3.8) is 0 Å². The van der Waals surface area contributed by atoms with E-state index in [9.17, 15) is 0 Å². The number of nitrogens with two attached hydrogens (primary N) is 1. The van der Waals surface area contributed by atoms with Crippen LogP contribution in [-0.2, 0) is 0 Å². The highest BCUT2D eigenvalue weighted by molar-refractivity contribution is 5.40. The zero-order valence-electron chi connectivity index (χ0n) is 14.2. The smallest absolute Gasteiger partial charge is 0.0332 e. The van der Waals surface area contributed by atoms with Crippen molar-refractivity contribution in [3.8, 4) is 0 Å². The van der Waals surface area contributed by atoms with Gasteiger partial charge in [0.05, 0.1) is 0 Å². The summed E-state index contributed by atoms with van der Waals surface area (Å²) in [5.41, 5.74) is 10.9. The van der Waals surface area contributed by atoms with Crippen LogP contribution in [0, 0.1) is 11.8 Å². The average molecular weight is 285 g/mol. The highest BCUT2D eigenvalue weighted by atomic mass is 14.6. The Labute approximate surface area is 131 Å². The molecule has 2 N–H and O–H groups in total. The fourth-order valence-corrected chi connectivity index (χ4v) is 2.27. The molecule has 0 aromatic heterocycles. The first-order chi connectivity index (χ1) is 9.99. The van der Waals surface area contributed by atoms with Gasteiger partial charge in [-0.1, -0.05) is 62.8 Å². The minimum atomic E-state index is 0.403. The van der Waals surface area contributed by atoms with Crippen molar-refractivity contribution in [3.05, 3.63) is 59.4 Å². The Morgan fingerprint density at radius 1 is 1.33 bits per heavy atom. The van der Waals surface area contributed by atoms with Crippen LogP contribution in [0.25, 0.3) is 0 Å². The van der Waals surface area contributed by atoms with E-state index in [1.54, 1.807) is 0 Å². The van der Waals surface area contributed by atoms with Crippen LogP contribution in [0.2, 0.25) is 0 Å². The molecular formula is C20H31N. The SMILES string of the molecule is C=C/C=C(\C=C(/CCC)C(N)=C(C)C)C(C)/C=C/C1CC1. The van der Waals surface area contributed by atoms with E-state index in [-0.39, 0.29) is 0 Å². The maximum absolute atomic E-state index is 6.26. The second-order valence-corrected chi connectivity index (χ2v) is 6.25. The highest BCUT2D eigenvalue weighted by Gasteiger charge is 2.17. The van der Waals surface area contributed by atoms with E-state index in [4.69, 9.17) is 5.73 Å². The van der Waals surface area contributed by atoms with Crippen molar-refractivity contribution in [1.29, 1.82) is 0 Å². The first-order valence-electron chi connectivity index (χ1n) is 8.14. The summed E-state index contributed by atoms with van der Waals surface area (Å²) in [7, 11) is 0. The molecule has 1 nitrogen and oxygen atoms in total. The average Bonchev–Trinajstić information content (AvgIpc) is 3.26. The molecule has 0 aromatic rings. The lowest BCUT2D eigenvalue weighted by Gasteiger charge is -2.14. The predicted octanol–water partition coefficient (Wildman–Crippen LogP) is 5.68. The topological polar surface area (TPSA) is 26.0 Å². The molecule has 0 aromatic carbocycles. The Morgan fingerprint density at radius 2 is 2.00 bits per heavy atom. The molecule has 1 fully saturated rings. The minimum Gasteiger partial charge on any atom is -0.399 e. The Balaban J connectivity index is 3.00. The Kier molecular flexibility index (Phi) is 7.28. The van der Waals surface area contributed by atoms with E-state index >= 15 is 0 Å². The van der Waals surface area contributed by atoms with Gasteiger partial charge in [0.2, 0.25) is 0 Å². The summed E-state index contributed by atoms with van der Waals surface area (Å²) in [4.78, 5) is 0. The van der Waals surface area contributed by atoms with Gasteiger partial charge in [-0.15, -0.1) is 0 Å².